The van der Waals surface area contributed by atoms with Gasteiger partial charge in [0.1, 0.15) is 5.82 Å². The van der Waals surface area contributed by atoms with Crippen LogP contribution in [0, 0.1) is 5.92 Å². The van der Waals surface area contributed by atoms with Crippen LogP contribution in [0.4, 0.5) is 17.3 Å². The number of nitrogens with one attached hydrogen (secondary N) is 1. The first-order valence-electron chi connectivity index (χ1n) is 15.5. The highest BCUT2D eigenvalue weighted by Gasteiger charge is 2.36. The Hall–Kier alpha value is -3.24. The predicted molar refractivity (Wildman–Crippen MR) is 165 cm³/mol. The Morgan fingerprint density at radius 2 is 1.76 bits per heavy atom. The Morgan fingerprint density at radius 3 is 2.38 bits per heavy atom. The molecule has 2 aromatic rings. The predicted octanol–water partition coefficient (Wildman–Crippen LogP) is 3.67. The Kier molecular flexibility index (Phi) is 9.32. The summed E-state index contributed by atoms with van der Waals surface area (Å²) in [5.74, 6) is 0.191. The van der Waals surface area contributed by atoms with Gasteiger partial charge in [0.05, 0.1) is 18.8 Å². The van der Waals surface area contributed by atoms with Crippen LogP contribution in [-0.2, 0) is 10.2 Å². The molecule has 2 amide bonds. The number of likely N-dealkylation sites (tertiary alicyclic amines) is 1. The van der Waals surface area contributed by atoms with Gasteiger partial charge >= 0.3 is 0 Å². The van der Waals surface area contributed by atoms with E-state index in [2.05, 4.69) is 34.3 Å². The van der Waals surface area contributed by atoms with E-state index in [1.165, 1.54) is 37.4 Å². The van der Waals surface area contributed by atoms with Gasteiger partial charge in [-0.15, -0.1) is 0 Å². The highest BCUT2D eigenvalue weighted by atomic mass is 16.3. The van der Waals surface area contributed by atoms with E-state index in [1.54, 1.807) is 19.0 Å². The van der Waals surface area contributed by atoms with Gasteiger partial charge in [0.25, 0.3) is 5.91 Å². The number of amides is 2. The molecule has 1 aromatic carbocycles. The molecular weight excluding hydrogens is 530 g/mol. The lowest BCUT2D eigenvalue weighted by Gasteiger charge is -2.42. The molecule has 0 unspecified atom stereocenters. The Labute approximate surface area is 249 Å². The van der Waals surface area contributed by atoms with Crippen molar-refractivity contribution in [1.29, 1.82) is 0 Å². The van der Waals surface area contributed by atoms with Gasteiger partial charge in [-0.2, -0.15) is 0 Å². The van der Waals surface area contributed by atoms with E-state index in [1.807, 2.05) is 17.0 Å². The fourth-order valence-electron chi connectivity index (χ4n) is 7.13. The van der Waals surface area contributed by atoms with Crippen molar-refractivity contribution in [1.82, 2.24) is 19.8 Å². The van der Waals surface area contributed by atoms with Gasteiger partial charge in [0, 0.05) is 38.8 Å². The summed E-state index contributed by atoms with van der Waals surface area (Å²) in [5, 5.41) is 13.6. The molecule has 1 saturated carbocycles. The Morgan fingerprint density at radius 1 is 1.07 bits per heavy atom. The van der Waals surface area contributed by atoms with Gasteiger partial charge in [-0.3, -0.25) is 9.59 Å². The van der Waals surface area contributed by atoms with Crippen molar-refractivity contribution >= 4 is 29.1 Å². The van der Waals surface area contributed by atoms with Crippen molar-refractivity contribution in [3.05, 3.63) is 41.7 Å². The van der Waals surface area contributed by atoms with Crippen molar-refractivity contribution in [2.45, 2.75) is 82.2 Å². The molecule has 10 heteroatoms. The van der Waals surface area contributed by atoms with E-state index in [-0.39, 0.29) is 41.4 Å². The largest absolute Gasteiger partial charge is 0.394 e. The standard InChI is InChI=1S/C32H47N7O3/c1-32(14-17-38(18-15-32)25-8-4-5-9-25)23-10-12-24(13-11-23)35-31-29(30(33)42)34-20-27(36-31)39-16-6-7-22(26(39)21-40)19-28(41)37(2)3/h10-13,20,22,25-26,40H,4-9,14-19,21H2,1-3H3,(H2,33,42)(H,35,36)/t22-,26+/m0/s1. The second-order valence-corrected chi connectivity index (χ2v) is 12.9. The van der Waals surface area contributed by atoms with Gasteiger partial charge < -0.3 is 30.9 Å². The quantitative estimate of drug-likeness (QED) is 0.412. The third kappa shape index (κ3) is 6.54. The summed E-state index contributed by atoms with van der Waals surface area (Å²) in [7, 11) is 3.49. The highest BCUT2D eigenvalue weighted by molar-refractivity contribution is 5.96. The zero-order valence-corrected chi connectivity index (χ0v) is 25.4. The molecule has 3 fully saturated rings. The molecule has 0 bridgehead atoms. The van der Waals surface area contributed by atoms with Crippen LogP contribution in [0.5, 0.6) is 0 Å². The first-order chi connectivity index (χ1) is 20.2. The number of carbonyl (C=O) groups is 2. The number of aliphatic hydroxyl groups is 1. The Balaban J connectivity index is 1.31. The molecule has 3 heterocycles. The zero-order chi connectivity index (χ0) is 29.9. The second-order valence-electron chi connectivity index (χ2n) is 12.9. The fourth-order valence-corrected chi connectivity index (χ4v) is 7.13. The molecule has 2 atom stereocenters. The van der Waals surface area contributed by atoms with Crippen LogP contribution in [0.25, 0.3) is 0 Å². The van der Waals surface area contributed by atoms with E-state index >= 15 is 0 Å². The first-order valence-corrected chi connectivity index (χ1v) is 15.5. The summed E-state index contributed by atoms with van der Waals surface area (Å²) in [4.78, 5) is 40.1. The van der Waals surface area contributed by atoms with Crippen LogP contribution in [0.1, 0.15) is 80.8 Å². The summed E-state index contributed by atoms with van der Waals surface area (Å²) in [6, 6.07) is 8.92. The molecule has 4 N–H and O–H groups in total. The number of nitrogens with two attached hydrogens (primary N) is 1. The molecule has 2 saturated heterocycles. The van der Waals surface area contributed by atoms with Gasteiger partial charge in [-0.25, -0.2) is 9.97 Å². The van der Waals surface area contributed by atoms with E-state index < -0.39 is 5.91 Å². The third-order valence-corrected chi connectivity index (χ3v) is 9.92. The summed E-state index contributed by atoms with van der Waals surface area (Å²) >= 11 is 0. The van der Waals surface area contributed by atoms with Gasteiger partial charge in [0.15, 0.2) is 11.5 Å². The molecule has 1 aliphatic carbocycles. The number of benzene rings is 1. The second kappa shape index (κ2) is 13.0. The number of anilines is 3. The lowest BCUT2D eigenvalue weighted by atomic mass is 9.74. The fraction of sp³-hybridized carbons (Fsp3) is 0.625. The van der Waals surface area contributed by atoms with Gasteiger partial charge in [-0.1, -0.05) is 31.9 Å². The maximum Gasteiger partial charge on any atom is 0.271 e. The van der Waals surface area contributed by atoms with Gasteiger partial charge in [0.2, 0.25) is 5.91 Å². The van der Waals surface area contributed by atoms with E-state index in [4.69, 9.17) is 10.7 Å². The third-order valence-electron chi connectivity index (χ3n) is 9.92. The number of carbonyl (C=O) groups excluding carboxylic acids is 2. The summed E-state index contributed by atoms with van der Waals surface area (Å²) in [5.41, 5.74) is 8.00. The maximum atomic E-state index is 12.4. The number of primary amides is 1. The number of piperidine rings is 2. The number of rotatable bonds is 9. The average Bonchev–Trinajstić information content (AvgIpc) is 3.53. The minimum absolute atomic E-state index is 0.00776. The normalized spacial score (nSPS) is 23.1. The molecule has 1 aromatic heterocycles. The van der Waals surface area contributed by atoms with Gasteiger partial charge in [-0.05, 0) is 80.6 Å². The molecule has 10 nitrogen and oxygen atoms in total. The van der Waals surface area contributed by atoms with Crippen molar-refractivity contribution in [2.24, 2.45) is 11.7 Å². The molecule has 0 radical (unpaired) electrons. The minimum atomic E-state index is -0.665. The molecule has 3 aliphatic rings. The summed E-state index contributed by atoms with van der Waals surface area (Å²) in [6.07, 6.45) is 11.4. The van der Waals surface area contributed by atoms with Crippen LogP contribution in [0.2, 0.25) is 0 Å². The van der Waals surface area contributed by atoms with E-state index in [0.29, 0.717) is 18.8 Å². The van der Waals surface area contributed by atoms with Crippen molar-refractivity contribution < 1.29 is 14.7 Å². The monoisotopic (exact) mass is 577 g/mol. The van der Waals surface area contributed by atoms with Crippen molar-refractivity contribution in [3.8, 4) is 0 Å². The highest BCUT2D eigenvalue weighted by Crippen LogP contribution is 2.38. The number of aromatic nitrogens is 2. The number of aliphatic hydroxyl groups excluding tert-OH is 1. The SMILES string of the molecule is CN(C)C(=O)C[C@@H]1CCCN(c2cnc(C(N)=O)c(Nc3ccc(C4(C)CCN(C5CCCC5)CC4)cc3)n2)[C@@H]1CO. The lowest BCUT2D eigenvalue weighted by Crippen LogP contribution is -2.49. The molecular formula is C32H47N7O3. The van der Waals surface area contributed by atoms with Crippen LogP contribution >= 0.6 is 0 Å². The first kappa shape index (κ1) is 30.2. The summed E-state index contributed by atoms with van der Waals surface area (Å²) in [6.45, 7) is 5.25. The molecule has 228 valence electrons. The minimum Gasteiger partial charge on any atom is -0.394 e. The van der Waals surface area contributed by atoms with Crippen LogP contribution < -0.4 is 16.0 Å². The smallest absolute Gasteiger partial charge is 0.271 e. The zero-order valence-electron chi connectivity index (χ0n) is 25.4. The summed E-state index contributed by atoms with van der Waals surface area (Å²) < 4.78 is 0. The number of hydrogen-bond donors (Lipinski definition) is 3. The topological polar surface area (TPSA) is 128 Å². The van der Waals surface area contributed by atoms with Crippen LogP contribution in [0.15, 0.2) is 30.5 Å². The van der Waals surface area contributed by atoms with Crippen molar-refractivity contribution in [2.75, 3.05) is 50.6 Å². The Bertz CT molecular complexity index is 1240. The number of hydrogen-bond acceptors (Lipinski definition) is 8. The number of nitrogens with zero attached hydrogens (tertiary/aromatic N) is 5. The van der Waals surface area contributed by atoms with E-state index in [0.717, 1.165) is 50.5 Å². The van der Waals surface area contributed by atoms with Crippen LogP contribution in [0.3, 0.4) is 0 Å². The molecule has 5 rings (SSSR count). The molecule has 42 heavy (non-hydrogen) atoms. The van der Waals surface area contributed by atoms with Crippen molar-refractivity contribution in [3.63, 3.8) is 0 Å². The molecule has 0 spiro atoms. The van der Waals surface area contributed by atoms with E-state index in [9.17, 15) is 14.7 Å². The van der Waals surface area contributed by atoms with Crippen LogP contribution in [-0.4, -0.2) is 89.1 Å². The maximum absolute atomic E-state index is 12.4. The average molecular weight is 578 g/mol. The lowest BCUT2D eigenvalue weighted by molar-refractivity contribution is -0.130. The molecule has 2 aliphatic heterocycles.